The van der Waals surface area contributed by atoms with Crippen molar-refractivity contribution in [2.24, 2.45) is 0 Å². The Bertz CT molecular complexity index is 531. The molecule has 1 amide bonds. The molecular formula is C15H20F3N3OS. The van der Waals surface area contributed by atoms with Crippen molar-refractivity contribution in [1.82, 2.24) is 15.3 Å². The molecule has 23 heavy (non-hydrogen) atoms. The fourth-order valence-corrected chi connectivity index (χ4v) is 3.27. The van der Waals surface area contributed by atoms with E-state index in [2.05, 4.69) is 15.3 Å². The van der Waals surface area contributed by atoms with Gasteiger partial charge in [-0.25, -0.2) is 9.97 Å². The van der Waals surface area contributed by atoms with Gasteiger partial charge in [0.15, 0.2) is 5.16 Å². The van der Waals surface area contributed by atoms with Gasteiger partial charge in [0.1, 0.15) is 5.69 Å². The summed E-state index contributed by atoms with van der Waals surface area (Å²) in [4.78, 5) is 19.5. The molecule has 1 aliphatic carbocycles. The maximum atomic E-state index is 12.6. The number of hydrogen-bond acceptors (Lipinski definition) is 4. The summed E-state index contributed by atoms with van der Waals surface area (Å²) in [6.07, 6.45) is 3.06. The second kappa shape index (κ2) is 7.99. The first-order valence-corrected chi connectivity index (χ1v) is 8.61. The van der Waals surface area contributed by atoms with Crippen molar-refractivity contribution in [3.8, 4) is 0 Å². The number of hydrogen-bond donors (Lipinski definition) is 1. The van der Waals surface area contributed by atoms with Crippen LogP contribution in [-0.4, -0.2) is 27.2 Å². The van der Waals surface area contributed by atoms with E-state index in [9.17, 15) is 18.0 Å². The van der Waals surface area contributed by atoms with Gasteiger partial charge >= 0.3 is 6.18 Å². The first-order valence-electron chi connectivity index (χ1n) is 7.73. The molecule has 1 aromatic rings. The normalized spacial score (nSPS) is 18.3. The molecule has 1 aromatic heterocycles. The van der Waals surface area contributed by atoms with Crippen LogP contribution in [0.2, 0.25) is 0 Å². The lowest BCUT2D eigenvalue weighted by molar-refractivity contribution is -0.141. The molecular weight excluding hydrogens is 327 g/mol. The molecule has 1 saturated carbocycles. The number of alkyl halides is 3. The van der Waals surface area contributed by atoms with Crippen molar-refractivity contribution in [3.63, 3.8) is 0 Å². The minimum Gasteiger partial charge on any atom is -0.352 e. The highest BCUT2D eigenvalue weighted by Crippen LogP contribution is 2.29. The van der Waals surface area contributed by atoms with Crippen LogP contribution >= 0.6 is 11.8 Å². The Morgan fingerprint density at radius 3 is 2.57 bits per heavy atom. The summed E-state index contributed by atoms with van der Waals surface area (Å²) in [5.74, 6) is -0.178. The highest BCUT2D eigenvalue weighted by molar-refractivity contribution is 8.00. The molecule has 0 saturated heterocycles. The molecule has 1 N–H and O–H groups in total. The standard InChI is InChI=1S/C15H20F3N3OS/c1-10(13(22)20-11-6-4-2-3-5-7-11)23-14-19-9-8-12(21-14)15(16,17)18/h8-11H,2-7H2,1H3,(H,20,22). The number of halogens is 3. The largest absolute Gasteiger partial charge is 0.433 e. The number of thioether (sulfide) groups is 1. The molecule has 0 radical (unpaired) electrons. The summed E-state index contributed by atoms with van der Waals surface area (Å²) in [6, 6.07) is 0.982. The van der Waals surface area contributed by atoms with Gasteiger partial charge in [-0.1, -0.05) is 37.4 Å². The number of aromatic nitrogens is 2. The van der Waals surface area contributed by atoms with Crippen LogP contribution in [0.4, 0.5) is 13.2 Å². The smallest absolute Gasteiger partial charge is 0.352 e. The maximum Gasteiger partial charge on any atom is 0.433 e. The van der Waals surface area contributed by atoms with Gasteiger partial charge in [-0.15, -0.1) is 0 Å². The summed E-state index contributed by atoms with van der Waals surface area (Å²) >= 11 is 0.941. The van der Waals surface area contributed by atoms with Crippen LogP contribution in [0.1, 0.15) is 51.1 Å². The molecule has 1 fully saturated rings. The van der Waals surface area contributed by atoms with Gasteiger partial charge in [0.05, 0.1) is 5.25 Å². The average Bonchev–Trinajstić information content (AvgIpc) is 2.75. The van der Waals surface area contributed by atoms with Crippen molar-refractivity contribution in [2.45, 2.75) is 68.1 Å². The third kappa shape index (κ3) is 5.67. The van der Waals surface area contributed by atoms with Crippen LogP contribution in [0.3, 0.4) is 0 Å². The maximum absolute atomic E-state index is 12.6. The summed E-state index contributed by atoms with van der Waals surface area (Å²) in [7, 11) is 0. The number of nitrogens with one attached hydrogen (secondary N) is 1. The first kappa shape index (κ1) is 18.0. The summed E-state index contributed by atoms with van der Waals surface area (Å²) in [5, 5.41) is 2.41. The molecule has 1 aliphatic rings. The van der Waals surface area contributed by atoms with Gasteiger partial charge < -0.3 is 5.32 Å². The lowest BCUT2D eigenvalue weighted by Gasteiger charge is -2.19. The highest BCUT2D eigenvalue weighted by Gasteiger charge is 2.33. The number of amides is 1. The lowest BCUT2D eigenvalue weighted by Crippen LogP contribution is -2.39. The van der Waals surface area contributed by atoms with E-state index in [1.807, 2.05) is 0 Å². The fraction of sp³-hybridized carbons (Fsp3) is 0.667. The Kier molecular flexibility index (Phi) is 6.26. The Hall–Kier alpha value is -1.31. The third-order valence-corrected chi connectivity index (χ3v) is 4.75. The molecule has 1 heterocycles. The quantitative estimate of drug-likeness (QED) is 0.511. The number of rotatable bonds is 4. The molecule has 0 spiro atoms. The number of carbonyl (C=O) groups excluding carboxylic acids is 1. The minimum atomic E-state index is -4.51. The zero-order chi connectivity index (χ0) is 16.9. The zero-order valence-electron chi connectivity index (χ0n) is 12.9. The molecule has 1 atom stereocenters. The minimum absolute atomic E-state index is 0.0386. The average molecular weight is 347 g/mol. The monoisotopic (exact) mass is 347 g/mol. The third-order valence-electron chi connectivity index (χ3n) is 3.78. The van der Waals surface area contributed by atoms with Crippen molar-refractivity contribution >= 4 is 17.7 Å². The van der Waals surface area contributed by atoms with Crippen molar-refractivity contribution in [2.75, 3.05) is 0 Å². The van der Waals surface area contributed by atoms with E-state index in [1.54, 1.807) is 6.92 Å². The van der Waals surface area contributed by atoms with Crippen LogP contribution in [0.25, 0.3) is 0 Å². The van der Waals surface area contributed by atoms with Crippen molar-refractivity contribution in [1.29, 1.82) is 0 Å². The lowest BCUT2D eigenvalue weighted by atomic mass is 10.1. The molecule has 0 aromatic carbocycles. The van der Waals surface area contributed by atoms with Gasteiger partial charge in [-0.05, 0) is 25.8 Å². The second-order valence-corrected chi connectivity index (χ2v) is 6.99. The van der Waals surface area contributed by atoms with Crippen LogP contribution in [0.5, 0.6) is 0 Å². The molecule has 0 bridgehead atoms. The Labute approximate surface area is 137 Å². The topological polar surface area (TPSA) is 54.9 Å². The van der Waals surface area contributed by atoms with E-state index in [0.717, 1.165) is 49.7 Å². The van der Waals surface area contributed by atoms with E-state index in [-0.39, 0.29) is 17.1 Å². The number of carbonyl (C=O) groups is 1. The summed E-state index contributed by atoms with van der Waals surface area (Å²) in [6.45, 7) is 1.65. The fourth-order valence-electron chi connectivity index (χ4n) is 2.51. The first-order chi connectivity index (χ1) is 10.9. The van der Waals surface area contributed by atoms with E-state index < -0.39 is 17.1 Å². The summed E-state index contributed by atoms with van der Waals surface area (Å²) < 4.78 is 37.9. The van der Waals surface area contributed by atoms with Gasteiger partial charge in [0, 0.05) is 12.2 Å². The highest BCUT2D eigenvalue weighted by atomic mass is 32.2. The Balaban J connectivity index is 1.92. The summed E-state index contributed by atoms with van der Waals surface area (Å²) in [5.41, 5.74) is -0.994. The predicted molar refractivity (Wildman–Crippen MR) is 82.0 cm³/mol. The van der Waals surface area contributed by atoms with Crippen molar-refractivity contribution < 1.29 is 18.0 Å². The number of nitrogens with zero attached hydrogens (tertiary/aromatic N) is 2. The molecule has 1 unspecified atom stereocenters. The van der Waals surface area contributed by atoms with Gasteiger partial charge in [0.2, 0.25) is 5.91 Å². The molecule has 8 heteroatoms. The van der Waals surface area contributed by atoms with Crippen molar-refractivity contribution in [3.05, 3.63) is 18.0 Å². The van der Waals surface area contributed by atoms with Gasteiger partial charge in [-0.3, -0.25) is 4.79 Å². The van der Waals surface area contributed by atoms with Crippen LogP contribution in [-0.2, 0) is 11.0 Å². The van der Waals surface area contributed by atoms with Crippen LogP contribution in [0.15, 0.2) is 17.4 Å². The Morgan fingerprint density at radius 1 is 1.30 bits per heavy atom. The Morgan fingerprint density at radius 2 is 1.96 bits per heavy atom. The molecule has 4 nitrogen and oxygen atoms in total. The van der Waals surface area contributed by atoms with Gasteiger partial charge in [0.25, 0.3) is 0 Å². The van der Waals surface area contributed by atoms with E-state index >= 15 is 0 Å². The SMILES string of the molecule is CC(Sc1nccc(C(F)(F)F)n1)C(=O)NC1CCCCCC1. The van der Waals surface area contributed by atoms with Crippen LogP contribution in [0, 0.1) is 0 Å². The van der Waals surface area contributed by atoms with E-state index in [4.69, 9.17) is 0 Å². The van der Waals surface area contributed by atoms with E-state index in [1.165, 1.54) is 12.8 Å². The van der Waals surface area contributed by atoms with Gasteiger partial charge in [-0.2, -0.15) is 13.2 Å². The van der Waals surface area contributed by atoms with Crippen LogP contribution < -0.4 is 5.32 Å². The zero-order valence-corrected chi connectivity index (χ0v) is 13.7. The second-order valence-electron chi connectivity index (χ2n) is 5.68. The predicted octanol–water partition coefficient (Wildman–Crippen LogP) is 3.82. The van der Waals surface area contributed by atoms with E-state index in [0.29, 0.717) is 0 Å². The molecule has 0 aliphatic heterocycles. The molecule has 2 rings (SSSR count). The molecule has 128 valence electrons.